The Hall–Kier alpha value is -0.590. The largest absolute Gasteiger partial charge is 0.309 e. The maximum absolute atomic E-state index is 7.07. The van der Waals surface area contributed by atoms with Crippen LogP contribution in [0.3, 0.4) is 0 Å². The Labute approximate surface area is 44.6 Å². The van der Waals surface area contributed by atoms with Gasteiger partial charge in [-0.1, -0.05) is 13.0 Å². The summed E-state index contributed by atoms with van der Waals surface area (Å²) in [5, 5.41) is 7.07. The highest BCUT2D eigenvalue weighted by molar-refractivity contribution is 5.82. The molecule has 0 aliphatic carbocycles. The summed E-state index contributed by atoms with van der Waals surface area (Å²) in [5.74, 6) is 0. The van der Waals surface area contributed by atoms with Crippen molar-refractivity contribution in [1.82, 2.24) is 0 Å². The van der Waals surface area contributed by atoms with Crippen molar-refractivity contribution in [3.8, 4) is 0 Å². The molecule has 0 rings (SSSR count). The van der Waals surface area contributed by atoms with Crippen molar-refractivity contribution in [2.24, 2.45) is 0 Å². The van der Waals surface area contributed by atoms with Crippen molar-refractivity contribution in [2.45, 2.75) is 19.8 Å². The van der Waals surface area contributed by atoms with Crippen LogP contribution >= 0.6 is 0 Å². The van der Waals surface area contributed by atoms with Crippen LogP contribution < -0.4 is 0 Å². The molecule has 0 aliphatic rings. The Morgan fingerprint density at radius 2 is 2.43 bits per heavy atom. The van der Waals surface area contributed by atoms with Gasteiger partial charge in [0.2, 0.25) is 0 Å². The van der Waals surface area contributed by atoms with E-state index in [2.05, 4.69) is 6.58 Å². The van der Waals surface area contributed by atoms with Gasteiger partial charge >= 0.3 is 0 Å². The van der Waals surface area contributed by atoms with Crippen LogP contribution in [0, 0.1) is 5.41 Å². The standard InChI is InChI=1S/C6H11N/c1-3-5-6(7)4-2/h3,7H,1,4-5H2,2H3. The van der Waals surface area contributed by atoms with E-state index < -0.39 is 0 Å². The minimum Gasteiger partial charge on any atom is -0.309 e. The first kappa shape index (κ1) is 6.41. The van der Waals surface area contributed by atoms with E-state index in [1.807, 2.05) is 6.92 Å². The first-order valence-corrected chi connectivity index (χ1v) is 2.48. The van der Waals surface area contributed by atoms with E-state index in [0.29, 0.717) is 0 Å². The first-order chi connectivity index (χ1) is 3.31. The molecule has 0 spiro atoms. The zero-order valence-corrected chi connectivity index (χ0v) is 4.70. The van der Waals surface area contributed by atoms with Crippen molar-refractivity contribution in [1.29, 1.82) is 5.41 Å². The Balaban J connectivity index is 3.17. The van der Waals surface area contributed by atoms with Crippen molar-refractivity contribution in [2.75, 3.05) is 0 Å². The third kappa shape index (κ3) is 3.23. The Kier molecular flexibility index (Phi) is 3.29. The van der Waals surface area contributed by atoms with Gasteiger partial charge in [-0.15, -0.1) is 6.58 Å². The molecule has 0 bridgehead atoms. The molecular weight excluding hydrogens is 86.1 g/mol. The summed E-state index contributed by atoms with van der Waals surface area (Å²) < 4.78 is 0. The predicted molar refractivity (Wildman–Crippen MR) is 32.8 cm³/mol. The molecule has 40 valence electrons. The van der Waals surface area contributed by atoms with E-state index >= 15 is 0 Å². The highest BCUT2D eigenvalue weighted by Gasteiger charge is 1.83. The van der Waals surface area contributed by atoms with Crippen LogP contribution in [-0.2, 0) is 0 Å². The van der Waals surface area contributed by atoms with Crippen molar-refractivity contribution in [3.05, 3.63) is 12.7 Å². The Bertz CT molecular complexity index is 74.2. The fraction of sp³-hybridized carbons (Fsp3) is 0.500. The molecule has 0 saturated carbocycles. The molecule has 1 N–H and O–H groups in total. The van der Waals surface area contributed by atoms with E-state index in [9.17, 15) is 0 Å². The summed E-state index contributed by atoms with van der Waals surface area (Å²) in [6.45, 7) is 5.49. The monoisotopic (exact) mass is 97.1 g/mol. The normalized spacial score (nSPS) is 8.14. The summed E-state index contributed by atoms with van der Waals surface area (Å²) in [7, 11) is 0. The maximum Gasteiger partial charge on any atom is 0.0124 e. The van der Waals surface area contributed by atoms with Crippen LogP contribution in [0.1, 0.15) is 19.8 Å². The molecule has 1 heteroatoms. The van der Waals surface area contributed by atoms with E-state index in [-0.39, 0.29) is 0 Å². The van der Waals surface area contributed by atoms with Crippen LogP contribution in [-0.4, -0.2) is 5.71 Å². The number of allylic oxidation sites excluding steroid dienone is 1. The third-order valence-electron chi connectivity index (χ3n) is 0.818. The zero-order chi connectivity index (χ0) is 5.70. The van der Waals surface area contributed by atoms with E-state index in [1.165, 1.54) is 0 Å². The minimum absolute atomic E-state index is 0.747. The fourth-order valence-electron chi connectivity index (χ4n) is 0.319. The van der Waals surface area contributed by atoms with E-state index in [1.54, 1.807) is 6.08 Å². The van der Waals surface area contributed by atoms with Crippen molar-refractivity contribution >= 4 is 5.71 Å². The van der Waals surface area contributed by atoms with Gasteiger partial charge < -0.3 is 5.41 Å². The number of rotatable bonds is 3. The lowest BCUT2D eigenvalue weighted by Crippen LogP contribution is -1.87. The average molecular weight is 97.2 g/mol. The van der Waals surface area contributed by atoms with Gasteiger partial charge in [0.05, 0.1) is 0 Å². The highest BCUT2D eigenvalue weighted by Crippen LogP contribution is 1.87. The quantitative estimate of drug-likeness (QED) is 0.411. The Morgan fingerprint density at radius 1 is 1.86 bits per heavy atom. The molecule has 0 aromatic heterocycles. The molecule has 0 atom stereocenters. The molecule has 7 heavy (non-hydrogen) atoms. The van der Waals surface area contributed by atoms with Gasteiger partial charge in [-0.2, -0.15) is 0 Å². The second-order valence-electron chi connectivity index (χ2n) is 1.45. The molecule has 0 aromatic carbocycles. The number of nitrogens with one attached hydrogen (secondary N) is 1. The van der Waals surface area contributed by atoms with Crippen LogP contribution in [0.15, 0.2) is 12.7 Å². The van der Waals surface area contributed by atoms with Crippen molar-refractivity contribution in [3.63, 3.8) is 0 Å². The molecule has 0 aromatic rings. The topological polar surface area (TPSA) is 23.9 Å². The van der Waals surface area contributed by atoms with Gasteiger partial charge in [0.1, 0.15) is 0 Å². The predicted octanol–water partition coefficient (Wildman–Crippen LogP) is 1.99. The SMILES string of the molecule is C=CCC(=N)CC. The maximum atomic E-state index is 7.07. The number of hydrogen-bond acceptors (Lipinski definition) is 1. The molecule has 0 radical (unpaired) electrons. The van der Waals surface area contributed by atoms with Gasteiger partial charge in [-0.3, -0.25) is 0 Å². The lowest BCUT2D eigenvalue weighted by atomic mass is 10.2. The van der Waals surface area contributed by atoms with Crippen LogP contribution in [0.2, 0.25) is 0 Å². The average Bonchev–Trinajstić information content (AvgIpc) is 1.68. The first-order valence-electron chi connectivity index (χ1n) is 2.48. The summed E-state index contributed by atoms with van der Waals surface area (Å²) >= 11 is 0. The van der Waals surface area contributed by atoms with Gasteiger partial charge in [0.15, 0.2) is 0 Å². The minimum atomic E-state index is 0.747. The fourth-order valence-corrected chi connectivity index (χ4v) is 0.319. The third-order valence-corrected chi connectivity index (χ3v) is 0.818. The van der Waals surface area contributed by atoms with E-state index in [0.717, 1.165) is 18.6 Å². The van der Waals surface area contributed by atoms with Gasteiger partial charge in [0, 0.05) is 12.1 Å². The summed E-state index contributed by atoms with van der Waals surface area (Å²) in [6.07, 6.45) is 3.36. The molecule has 0 unspecified atom stereocenters. The summed E-state index contributed by atoms with van der Waals surface area (Å²) in [4.78, 5) is 0. The lowest BCUT2D eigenvalue weighted by molar-refractivity contribution is 1.18. The molecule has 0 saturated heterocycles. The van der Waals surface area contributed by atoms with Crippen LogP contribution in [0.25, 0.3) is 0 Å². The van der Waals surface area contributed by atoms with Gasteiger partial charge in [-0.05, 0) is 6.42 Å². The molecule has 0 heterocycles. The number of hydrogen-bond donors (Lipinski definition) is 1. The molecular formula is C6H11N. The van der Waals surface area contributed by atoms with Crippen LogP contribution in [0.4, 0.5) is 0 Å². The van der Waals surface area contributed by atoms with Gasteiger partial charge in [-0.25, -0.2) is 0 Å². The smallest absolute Gasteiger partial charge is 0.0124 e. The van der Waals surface area contributed by atoms with Crippen LogP contribution in [0.5, 0.6) is 0 Å². The molecule has 0 fully saturated rings. The molecule has 1 nitrogen and oxygen atoms in total. The summed E-state index contributed by atoms with van der Waals surface area (Å²) in [5.41, 5.74) is 0.759. The second-order valence-corrected chi connectivity index (χ2v) is 1.45. The Morgan fingerprint density at radius 3 is 2.57 bits per heavy atom. The lowest BCUT2D eigenvalue weighted by Gasteiger charge is -1.88. The molecule has 0 aliphatic heterocycles. The summed E-state index contributed by atoms with van der Waals surface area (Å²) in [6, 6.07) is 0. The zero-order valence-electron chi connectivity index (χ0n) is 4.70. The van der Waals surface area contributed by atoms with E-state index in [4.69, 9.17) is 5.41 Å². The van der Waals surface area contributed by atoms with Gasteiger partial charge in [0.25, 0.3) is 0 Å². The molecule has 0 amide bonds. The highest BCUT2D eigenvalue weighted by atomic mass is 14.4. The second kappa shape index (κ2) is 3.59. The van der Waals surface area contributed by atoms with Crippen molar-refractivity contribution < 1.29 is 0 Å².